The van der Waals surface area contributed by atoms with Crippen LogP contribution < -0.4 is 15.4 Å². The molecular formula is C22H24N4O3. The average Bonchev–Trinajstić information content (AvgIpc) is 3.58. The standard InChI is InChI=1S/C22H24N4O3/c23-13-18(14-9-10-14)25-21(27)16-6-2-3-7-17(16)24-22(28)20-12-11-15-5-1-4-8-19(15)26(20)29/h1,4-5,8,11-12,14,16-18H,2-3,6-7,9-10H2,(H,24,28)(H,25,27)/t16-,17+,18?/m1/s1. The van der Waals surface area contributed by atoms with Gasteiger partial charge in [0.05, 0.1) is 12.0 Å². The number of benzene rings is 1. The summed E-state index contributed by atoms with van der Waals surface area (Å²) in [4.78, 5) is 25.6. The van der Waals surface area contributed by atoms with Crippen LogP contribution in [-0.2, 0) is 4.79 Å². The van der Waals surface area contributed by atoms with Gasteiger partial charge in [0.15, 0.2) is 0 Å². The Bertz CT molecular complexity index is 980. The third kappa shape index (κ3) is 4.02. The van der Waals surface area contributed by atoms with Crippen molar-refractivity contribution in [1.29, 1.82) is 5.26 Å². The molecule has 7 heteroatoms. The van der Waals surface area contributed by atoms with Gasteiger partial charge in [-0.2, -0.15) is 9.99 Å². The highest BCUT2D eigenvalue weighted by Crippen LogP contribution is 2.33. The molecule has 1 aromatic heterocycles. The third-order valence-electron chi connectivity index (χ3n) is 5.98. The molecule has 2 aliphatic carbocycles. The fourth-order valence-electron chi connectivity index (χ4n) is 4.15. The van der Waals surface area contributed by atoms with E-state index < -0.39 is 11.9 Å². The van der Waals surface area contributed by atoms with Gasteiger partial charge in [-0.3, -0.25) is 9.59 Å². The topological polar surface area (TPSA) is 109 Å². The van der Waals surface area contributed by atoms with Gasteiger partial charge >= 0.3 is 5.91 Å². The molecule has 29 heavy (non-hydrogen) atoms. The smallest absolute Gasteiger partial charge is 0.317 e. The fourth-order valence-corrected chi connectivity index (χ4v) is 4.15. The third-order valence-corrected chi connectivity index (χ3v) is 5.98. The van der Waals surface area contributed by atoms with Crippen molar-refractivity contribution < 1.29 is 14.3 Å². The minimum Gasteiger partial charge on any atom is -0.618 e. The Morgan fingerprint density at radius 1 is 1.10 bits per heavy atom. The lowest BCUT2D eigenvalue weighted by molar-refractivity contribution is -0.579. The maximum Gasteiger partial charge on any atom is 0.317 e. The van der Waals surface area contributed by atoms with Gasteiger partial charge in [0.2, 0.25) is 11.4 Å². The Hall–Kier alpha value is -3.14. The summed E-state index contributed by atoms with van der Waals surface area (Å²) in [6, 6.07) is 11.7. The number of nitrogens with zero attached hydrogens (tertiary/aromatic N) is 2. The van der Waals surface area contributed by atoms with Crippen LogP contribution in [-0.4, -0.2) is 23.9 Å². The summed E-state index contributed by atoms with van der Waals surface area (Å²) >= 11 is 0. The number of pyridine rings is 1. The van der Waals surface area contributed by atoms with E-state index >= 15 is 0 Å². The number of carbonyl (C=O) groups excluding carboxylic acids is 2. The number of hydrogen-bond donors (Lipinski definition) is 2. The maximum absolute atomic E-state index is 12.8. The molecule has 0 aliphatic heterocycles. The molecule has 150 valence electrons. The van der Waals surface area contributed by atoms with E-state index in [9.17, 15) is 20.1 Å². The quantitative estimate of drug-likeness (QED) is 0.600. The van der Waals surface area contributed by atoms with Crippen LogP contribution in [0.25, 0.3) is 10.9 Å². The zero-order valence-corrected chi connectivity index (χ0v) is 16.1. The summed E-state index contributed by atoms with van der Waals surface area (Å²) in [6.45, 7) is 0. The second-order valence-electron chi connectivity index (χ2n) is 8.00. The lowest BCUT2D eigenvalue weighted by Gasteiger charge is -2.31. The molecule has 0 saturated heterocycles. The van der Waals surface area contributed by atoms with Gasteiger partial charge in [0.1, 0.15) is 6.04 Å². The molecule has 0 spiro atoms. The highest BCUT2D eigenvalue weighted by atomic mass is 16.5. The zero-order valence-electron chi connectivity index (χ0n) is 16.1. The van der Waals surface area contributed by atoms with Crippen molar-refractivity contribution in [3.63, 3.8) is 0 Å². The number of nitrogens with one attached hydrogen (secondary N) is 2. The van der Waals surface area contributed by atoms with Crippen molar-refractivity contribution in [3.8, 4) is 6.07 Å². The molecule has 2 N–H and O–H groups in total. The van der Waals surface area contributed by atoms with E-state index in [-0.39, 0.29) is 29.5 Å². The Labute approximate surface area is 169 Å². The van der Waals surface area contributed by atoms with Crippen LogP contribution in [0.1, 0.15) is 49.0 Å². The molecule has 3 atom stereocenters. The monoisotopic (exact) mass is 392 g/mol. The summed E-state index contributed by atoms with van der Waals surface area (Å²) in [5.74, 6) is -0.795. The molecule has 1 heterocycles. The molecule has 2 amide bonds. The molecule has 2 aromatic rings. The van der Waals surface area contributed by atoms with E-state index in [2.05, 4.69) is 16.7 Å². The number of rotatable bonds is 5. The van der Waals surface area contributed by atoms with Crippen molar-refractivity contribution in [2.75, 3.05) is 0 Å². The first kappa shape index (κ1) is 19.2. The molecule has 0 radical (unpaired) electrons. The van der Waals surface area contributed by atoms with E-state index in [1.54, 1.807) is 18.2 Å². The SMILES string of the molecule is N#CC(NC(=O)[C@@H]1CCCC[C@@H]1NC(=O)c1ccc2ccccc2[n+]1[O-])C1CC1. The number of hydrogen-bond acceptors (Lipinski definition) is 4. The van der Waals surface area contributed by atoms with Gasteiger partial charge in [0, 0.05) is 23.6 Å². The van der Waals surface area contributed by atoms with Gasteiger partial charge in [-0.1, -0.05) is 25.0 Å². The van der Waals surface area contributed by atoms with Crippen LogP contribution in [0.3, 0.4) is 0 Å². The van der Waals surface area contributed by atoms with Gasteiger partial charge in [-0.25, -0.2) is 0 Å². The summed E-state index contributed by atoms with van der Waals surface area (Å²) in [5.41, 5.74) is 0.445. The lowest BCUT2D eigenvalue weighted by Crippen LogP contribution is -2.52. The molecule has 1 aromatic carbocycles. The van der Waals surface area contributed by atoms with E-state index in [0.29, 0.717) is 23.1 Å². The van der Waals surface area contributed by atoms with Crippen molar-refractivity contribution in [1.82, 2.24) is 10.6 Å². The zero-order chi connectivity index (χ0) is 20.4. The van der Waals surface area contributed by atoms with Crippen molar-refractivity contribution >= 4 is 22.7 Å². The first-order chi connectivity index (χ1) is 14.1. The Morgan fingerprint density at radius 2 is 1.86 bits per heavy atom. The van der Waals surface area contributed by atoms with E-state index in [4.69, 9.17) is 0 Å². The molecular weight excluding hydrogens is 368 g/mol. The number of para-hydroxylation sites is 1. The summed E-state index contributed by atoms with van der Waals surface area (Å²) in [7, 11) is 0. The molecule has 2 fully saturated rings. The lowest BCUT2D eigenvalue weighted by atomic mass is 9.83. The molecule has 2 saturated carbocycles. The van der Waals surface area contributed by atoms with Crippen LogP contribution in [0.2, 0.25) is 0 Å². The number of fused-ring (bicyclic) bond motifs is 1. The number of nitriles is 1. The highest BCUT2D eigenvalue weighted by molar-refractivity contribution is 5.93. The first-order valence-electron chi connectivity index (χ1n) is 10.2. The minimum atomic E-state index is -0.477. The van der Waals surface area contributed by atoms with Gasteiger partial charge in [0.25, 0.3) is 5.69 Å². The predicted octanol–water partition coefficient (Wildman–Crippen LogP) is 2.18. The van der Waals surface area contributed by atoms with Gasteiger partial charge in [-0.15, -0.1) is 0 Å². The van der Waals surface area contributed by atoms with E-state index in [0.717, 1.165) is 31.1 Å². The normalized spacial score (nSPS) is 22.4. The first-order valence-corrected chi connectivity index (χ1v) is 10.2. The molecule has 4 rings (SSSR count). The molecule has 1 unspecified atom stereocenters. The van der Waals surface area contributed by atoms with Crippen LogP contribution in [0.4, 0.5) is 0 Å². The van der Waals surface area contributed by atoms with Crippen molar-refractivity contribution in [3.05, 3.63) is 47.3 Å². The minimum absolute atomic E-state index is 0.0151. The van der Waals surface area contributed by atoms with Crippen LogP contribution in [0.5, 0.6) is 0 Å². The Kier molecular flexibility index (Phi) is 5.34. The number of carbonyl (C=O) groups is 2. The predicted molar refractivity (Wildman–Crippen MR) is 106 cm³/mol. The van der Waals surface area contributed by atoms with Gasteiger partial charge in [-0.05, 0) is 43.7 Å². The van der Waals surface area contributed by atoms with Crippen LogP contribution >= 0.6 is 0 Å². The highest BCUT2D eigenvalue weighted by Gasteiger charge is 2.37. The molecule has 0 bridgehead atoms. The summed E-state index contributed by atoms with van der Waals surface area (Å²) < 4.78 is 0.640. The Balaban J connectivity index is 1.49. The van der Waals surface area contributed by atoms with E-state index in [1.807, 2.05) is 12.1 Å². The van der Waals surface area contributed by atoms with Gasteiger partial charge < -0.3 is 15.8 Å². The second-order valence-corrected chi connectivity index (χ2v) is 8.00. The molecule has 7 nitrogen and oxygen atoms in total. The summed E-state index contributed by atoms with van der Waals surface area (Å²) in [6.07, 6.45) is 5.09. The molecule has 2 aliphatic rings. The number of aromatic nitrogens is 1. The largest absolute Gasteiger partial charge is 0.618 e. The summed E-state index contributed by atoms with van der Waals surface area (Å²) in [5, 5.41) is 28.4. The van der Waals surface area contributed by atoms with Crippen LogP contribution in [0.15, 0.2) is 36.4 Å². The van der Waals surface area contributed by atoms with E-state index in [1.165, 1.54) is 6.07 Å². The van der Waals surface area contributed by atoms with Crippen molar-refractivity contribution in [2.45, 2.75) is 50.6 Å². The average molecular weight is 392 g/mol. The van der Waals surface area contributed by atoms with Crippen molar-refractivity contribution in [2.24, 2.45) is 11.8 Å². The fraction of sp³-hybridized carbons (Fsp3) is 0.455. The second kappa shape index (κ2) is 8.08. The maximum atomic E-state index is 12.8. The number of amides is 2. The van der Waals surface area contributed by atoms with Crippen LogP contribution in [0, 0.1) is 28.4 Å². The Morgan fingerprint density at radius 3 is 2.62 bits per heavy atom.